The van der Waals surface area contributed by atoms with Gasteiger partial charge in [-0.2, -0.15) is 5.10 Å². The van der Waals surface area contributed by atoms with Gasteiger partial charge >= 0.3 is 0 Å². The molecule has 1 amide bonds. The molecule has 0 atom stereocenters. The first kappa shape index (κ1) is 14.3. The van der Waals surface area contributed by atoms with Crippen molar-refractivity contribution < 1.29 is 9.18 Å². The zero-order valence-corrected chi connectivity index (χ0v) is 11.8. The summed E-state index contributed by atoms with van der Waals surface area (Å²) in [6, 6.07) is 4.38. The van der Waals surface area contributed by atoms with Crippen molar-refractivity contribution in [2.24, 2.45) is 0 Å². The van der Waals surface area contributed by atoms with Crippen LogP contribution in [0.25, 0.3) is 0 Å². The maximum atomic E-state index is 13.8. The van der Waals surface area contributed by atoms with E-state index in [4.69, 9.17) is 17.3 Å². The molecule has 0 spiro atoms. The van der Waals surface area contributed by atoms with Crippen LogP contribution in [0.15, 0.2) is 18.2 Å². The summed E-state index contributed by atoms with van der Waals surface area (Å²) in [5.74, 6) is -1.20. The number of nitrogen functional groups attached to an aromatic ring is 1. The minimum Gasteiger partial charge on any atom is -0.395 e. The first-order valence-electron chi connectivity index (χ1n) is 6.04. The summed E-state index contributed by atoms with van der Waals surface area (Å²) in [6.07, 6.45) is 0. The maximum Gasteiger partial charge on any atom is 0.276 e. The Morgan fingerprint density at radius 1 is 1.55 bits per heavy atom. The molecule has 0 unspecified atom stereocenters. The number of halogens is 2. The molecule has 0 aliphatic carbocycles. The van der Waals surface area contributed by atoms with E-state index in [1.54, 1.807) is 13.0 Å². The molecule has 0 radical (unpaired) electrons. The Bertz CT molecular complexity index is 669. The Hall–Kier alpha value is -2.08. The molecular weight excluding hydrogens is 283 g/mol. The SMILES string of the molecule is CCn1nc(C)c(N)c1C(=O)Nc1cccc(Cl)c1F. The first-order chi connectivity index (χ1) is 9.45. The summed E-state index contributed by atoms with van der Waals surface area (Å²) in [7, 11) is 0. The van der Waals surface area contributed by atoms with Gasteiger partial charge in [-0.25, -0.2) is 4.39 Å². The van der Waals surface area contributed by atoms with Gasteiger partial charge in [0.25, 0.3) is 5.91 Å². The lowest BCUT2D eigenvalue weighted by molar-refractivity contribution is 0.101. The van der Waals surface area contributed by atoms with E-state index in [0.717, 1.165) is 0 Å². The molecule has 2 aromatic rings. The molecule has 3 N–H and O–H groups in total. The van der Waals surface area contributed by atoms with Gasteiger partial charge in [0.1, 0.15) is 5.69 Å². The van der Waals surface area contributed by atoms with E-state index < -0.39 is 11.7 Å². The highest BCUT2D eigenvalue weighted by atomic mass is 35.5. The highest BCUT2D eigenvalue weighted by Gasteiger charge is 2.20. The number of amides is 1. The van der Waals surface area contributed by atoms with Crippen LogP contribution in [0.3, 0.4) is 0 Å². The van der Waals surface area contributed by atoms with Crippen LogP contribution < -0.4 is 11.1 Å². The van der Waals surface area contributed by atoms with Gasteiger partial charge in [-0.15, -0.1) is 0 Å². The third kappa shape index (κ3) is 2.46. The van der Waals surface area contributed by atoms with Crippen molar-refractivity contribution in [3.05, 3.63) is 40.4 Å². The van der Waals surface area contributed by atoms with E-state index in [9.17, 15) is 9.18 Å². The van der Waals surface area contributed by atoms with E-state index in [2.05, 4.69) is 10.4 Å². The molecule has 1 aromatic heterocycles. The number of carbonyl (C=O) groups is 1. The Labute approximate surface area is 120 Å². The molecular formula is C13H14ClFN4O. The standard InChI is InChI=1S/C13H14ClFN4O/c1-3-19-12(11(16)7(2)18-19)13(20)17-9-6-4-5-8(14)10(9)15/h4-6H,3,16H2,1-2H3,(H,17,20). The number of hydrogen-bond donors (Lipinski definition) is 2. The number of rotatable bonds is 3. The van der Waals surface area contributed by atoms with Gasteiger partial charge in [-0.1, -0.05) is 17.7 Å². The number of anilines is 2. The number of carbonyl (C=O) groups excluding carboxylic acids is 1. The second-order valence-electron chi connectivity index (χ2n) is 4.22. The van der Waals surface area contributed by atoms with Crippen molar-refractivity contribution in [2.75, 3.05) is 11.1 Å². The Morgan fingerprint density at radius 3 is 2.90 bits per heavy atom. The van der Waals surface area contributed by atoms with Gasteiger partial charge in [0.2, 0.25) is 0 Å². The van der Waals surface area contributed by atoms with Crippen LogP contribution in [-0.4, -0.2) is 15.7 Å². The smallest absolute Gasteiger partial charge is 0.276 e. The van der Waals surface area contributed by atoms with Crippen molar-refractivity contribution in [1.29, 1.82) is 0 Å². The van der Waals surface area contributed by atoms with E-state index in [1.165, 1.54) is 16.8 Å². The summed E-state index contributed by atoms with van der Waals surface area (Å²) < 4.78 is 15.2. The lowest BCUT2D eigenvalue weighted by Crippen LogP contribution is -2.19. The van der Waals surface area contributed by atoms with Crippen molar-refractivity contribution in [3.63, 3.8) is 0 Å². The highest BCUT2D eigenvalue weighted by molar-refractivity contribution is 6.31. The Kier molecular flexibility index (Phi) is 3.94. The predicted molar refractivity (Wildman–Crippen MR) is 76.4 cm³/mol. The van der Waals surface area contributed by atoms with Crippen molar-refractivity contribution in [3.8, 4) is 0 Å². The van der Waals surface area contributed by atoms with Crippen LogP contribution in [-0.2, 0) is 6.54 Å². The molecule has 0 saturated heterocycles. The van der Waals surface area contributed by atoms with Crippen molar-refractivity contribution in [2.45, 2.75) is 20.4 Å². The number of benzene rings is 1. The molecule has 1 heterocycles. The van der Waals surface area contributed by atoms with E-state index in [0.29, 0.717) is 12.2 Å². The van der Waals surface area contributed by atoms with E-state index >= 15 is 0 Å². The van der Waals surface area contributed by atoms with Crippen LogP contribution in [0.2, 0.25) is 5.02 Å². The number of nitrogens with one attached hydrogen (secondary N) is 1. The summed E-state index contributed by atoms with van der Waals surface area (Å²) in [4.78, 5) is 12.2. The van der Waals surface area contributed by atoms with Crippen LogP contribution in [0, 0.1) is 12.7 Å². The lowest BCUT2D eigenvalue weighted by atomic mass is 10.2. The summed E-state index contributed by atoms with van der Waals surface area (Å²) >= 11 is 5.67. The summed E-state index contributed by atoms with van der Waals surface area (Å²) in [5.41, 5.74) is 6.90. The normalized spacial score (nSPS) is 10.6. The molecule has 20 heavy (non-hydrogen) atoms. The molecule has 2 rings (SSSR count). The number of nitrogens with zero attached hydrogens (tertiary/aromatic N) is 2. The monoisotopic (exact) mass is 296 g/mol. The van der Waals surface area contributed by atoms with Crippen LogP contribution >= 0.6 is 11.6 Å². The first-order valence-corrected chi connectivity index (χ1v) is 6.41. The van der Waals surface area contributed by atoms with Gasteiger partial charge in [-0.3, -0.25) is 9.48 Å². The fourth-order valence-electron chi connectivity index (χ4n) is 1.85. The Balaban J connectivity index is 2.36. The van der Waals surface area contributed by atoms with Gasteiger partial charge in [0.05, 0.1) is 22.1 Å². The lowest BCUT2D eigenvalue weighted by Gasteiger charge is -2.09. The van der Waals surface area contributed by atoms with E-state index in [-0.39, 0.29) is 22.1 Å². The number of hydrogen-bond acceptors (Lipinski definition) is 3. The largest absolute Gasteiger partial charge is 0.395 e. The fourth-order valence-corrected chi connectivity index (χ4v) is 2.02. The van der Waals surface area contributed by atoms with E-state index in [1.807, 2.05) is 6.92 Å². The second kappa shape index (κ2) is 5.50. The molecule has 1 aromatic carbocycles. The van der Waals surface area contributed by atoms with Gasteiger partial charge < -0.3 is 11.1 Å². The summed E-state index contributed by atoms with van der Waals surface area (Å²) in [6.45, 7) is 4.03. The minimum absolute atomic E-state index is 0.00315. The van der Waals surface area contributed by atoms with Gasteiger partial charge in [0, 0.05) is 6.54 Å². The average Bonchev–Trinajstić information content (AvgIpc) is 2.70. The molecule has 0 fully saturated rings. The fraction of sp³-hybridized carbons (Fsp3) is 0.231. The third-order valence-electron chi connectivity index (χ3n) is 2.89. The predicted octanol–water partition coefficient (Wildman–Crippen LogP) is 2.84. The Morgan fingerprint density at radius 2 is 2.25 bits per heavy atom. The number of aromatic nitrogens is 2. The molecule has 106 valence electrons. The zero-order chi connectivity index (χ0) is 14.9. The van der Waals surface area contributed by atoms with Gasteiger partial charge in [-0.05, 0) is 26.0 Å². The average molecular weight is 297 g/mol. The summed E-state index contributed by atoms with van der Waals surface area (Å²) in [5, 5.41) is 6.54. The van der Waals surface area contributed by atoms with Crippen LogP contribution in [0.5, 0.6) is 0 Å². The molecule has 0 bridgehead atoms. The molecule has 0 aliphatic rings. The quantitative estimate of drug-likeness (QED) is 0.914. The van der Waals surface area contributed by atoms with Crippen LogP contribution in [0.1, 0.15) is 23.1 Å². The van der Waals surface area contributed by atoms with Crippen LogP contribution in [0.4, 0.5) is 15.8 Å². The van der Waals surface area contributed by atoms with Crippen molar-refractivity contribution in [1.82, 2.24) is 9.78 Å². The molecule has 0 aliphatic heterocycles. The topological polar surface area (TPSA) is 72.9 Å². The number of aryl methyl sites for hydroxylation is 2. The molecule has 0 saturated carbocycles. The minimum atomic E-state index is -0.680. The molecule has 5 nitrogen and oxygen atoms in total. The van der Waals surface area contributed by atoms with Gasteiger partial charge in [0.15, 0.2) is 5.82 Å². The van der Waals surface area contributed by atoms with Crippen molar-refractivity contribution >= 4 is 28.9 Å². The third-order valence-corrected chi connectivity index (χ3v) is 3.18. The second-order valence-corrected chi connectivity index (χ2v) is 4.63. The highest BCUT2D eigenvalue weighted by Crippen LogP contribution is 2.24. The number of nitrogens with two attached hydrogens (primary N) is 1. The zero-order valence-electron chi connectivity index (χ0n) is 11.1. The molecule has 7 heteroatoms. The maximum absolute atomic E-state index is 13.8.